The van der Waals surface area contributed by atoms with Gasteiger partial charge in [-0.05, 0) is 20.3 Å². The molecule has 4 heteroatoms. The molecule has 12 heavy (non-hydrogen) atoms. The third-order valence-corrected chi connectivity index (χ3v) is 5.18. The number of rotatable bonds is 6. The van der Waals surface area contributed by atoms with Crippen molar-refractivity contribution in [2.24, 2.45) is 0 Å². The molecule has 0 saturated heterocycles. The molecule has 0 amide bonds. The Balaban J connectivity index is 3.64. The van der Waals surface area contributed by atoms with E-state index in [2.05, 4.69) is 6.92 Å². The molecule has 0 aliphatic rings. The second-order valence-electron chi connectivity index (χ2n) is 3.11. The molecule has 0 fully saturated rings. The Labute approximate surface area is 79.7 Å². The minimum Gasteiger partial charge on any atom is -0.319 e. The molecule has 0 aromatic heterocycles. The maximum Gasteiger partial charge on any atom is 0.254 e. The average Bonchev–Trinajstić information content (AvgIpc) is 1.84. The number of hydrogen-bond acceptors (Lipinski definition) is 3. The van der Waals surface area contributed by atoms with Gasteiger partial charge in [0.15, 0.2) is 0 Å². The lowest BCUT2D eigenvalue weighted by Gasteiger charge is -2.15. The monoisotopic (exact) mass is 210 g/mol. The molecule has 1 unspecified atom stereocenters. The van der Waals surface area contributed by atoms with Crippen LogP contribution in [-0.2, 0) is 9.09 Å². The first kappa shape index (κ1) is 12.5. The smallest absolute Gasteiger partial charge is 0.254 e. The standard InChI is InChI=1S/C8H19O2PS/c1-5-6-7-12-11(4,9)10-8(2)3/h8H,5-7H2,1-4H3. The van der Waals surface area contributed by atoms with Crippen molar-refractivity contribution in [3.8, 4) is 0 Å². The topological polar surface area (TPSA) is 26.3 Å². The van der Waals surface area contributed by atoms with Gasteiger partial charge < -0.3 is 4.52 Å². The Bertz CT molecular complexity index is 159. The van der Waals surface area contributed by atoms with Crippen molar-refractivity contribution >= 4 is 18.0 Å². The van der Waals surface area contributed by atoms with E-state index in [1.165, 1.54) is 11.4 Å². The van der Waals surface area contributed by atoms with Gasteiger partial charge in [-0.3, -0.25) is 4.57 Å². The third kappa shape index (κ3) is 7.20. The van der Waals surface area contributed by atoms with Crippen LogP contribution in [0.3, 0.4) is 0 Å². The maximum atomic E-state index is 11.6. The van der Waals surface area contributed by atoms with Gasteiger partial charge in [-0.2, -0.15) is 0 Å². The maximum absolute atomic E-state index is 11.6. The molecule has 0 aliphatic heterocycles. The molecule has 0 saturated carbocycles. The summed E-state index contributed by atoms with van der Waals surface area (Å²) in [6.45, 7) is 5.30. The van der Waals surface area contributed by atoms with Crippen molar-refractivity contribution in [2.75, 3.05) is 12.4 Å². The van der Waals surface area contributed by atoms with Gasteiger partial charge in [0.05, 0.1) is 6.10 Å². The van der Waals surface area contributed by atoms with Crippen LogP contribution in [0.1, 0.15) is 33.6 Å². The lowest BCUT2D eigenvalue weighted by atomic mass is 10.4. The highest BCUT2D eigenvalue weighted by Gasteiger charge is 2.17. The Kier molecular flexibility index (Phi) is 6.34. The Hall–Kier alpha value is 0.540. The van der Waals surface area contributed by atoms with E-state index in [1.54, 1.807) is 6.66 Å². The van der Waals surface area contributed by atoms with Crippen LogP contribution in [0.15, 0.2) is 0 Å². The van der Waals surface area contributed by atoms with E-state index in [0.29, 0.717) is 0 Å². The van der Waals surface area contributed by atoms with Crippen LogP contribution in [0, 0.1) is 0 Å². The van der Waals surface area contributed by atoms with E-state index in [-0.39, 0.29) is 6.10 Å². The van der Waals surface area contributed by atoms with Gasteiger partial charge in [0.1, 0.15) is 0 Å². The summed E-state index contributed by atoms with van der Waals surface area (Å²) in [5.74, 6) is 0.941. The van der Waals surface area contributed by atoms with E-state index in [1.807, 2.05) is 13.8 Å². The van der Waals surface area contributed by atoms with Gasteiger partial charge in [0.2, 0.25) is 0 Å². The normalized spacial score (nSPS) is 16.4. The zero-order valence-electron chi connectivity index (χ0n) is 8.37. The molecule has 0 spiro atoms. The molecule has 0 N–H and O–H groups in total. The van der Waals surface area contributed by atoms with Gasteiger partial charge in [-0.25, -0.2) is 0 Å². The zero-order valence-corrected chi connectivity index (χ0v) is 10.1. The summed E-state index contributed by atoms with van der Waals surface area (Å²) < 4.78 is 16.9. The molecule has 0 bridgehead atoms. The summed E-state index contributed by atoms with van der Waals surface area (Å²) >= 11 is 1.46. The minimum absolute atomic E-state index is 0.0648. The molecule has 0 rings (SSSR count). The number of unbranched alkanes of at least 4 members (excludes halogenated alkanes) is 1. The SMILES string of the molecule is CCCCSP(C)(=O)OC(C)C. The van der Waals surface area contributed by atoms with Crippen LogP contribution < -0.4 is 0 Å². The summed E-state index contributed by atoms with van der Waals surface area (Å²) in [5.41, 5.74) is 0. The van der Waals surface area contributed by atoms with Crippen molar-refractivity contribution in [3.05, 3.63) is 0 Å². The third-order valence-electron chi connectivity index (χ3n) is 1.23. The van der Waals surface area contributed by atoms with E-state index < -0.39 is 6.57 Å². The fourth-order valence-corrected chi connectivity index (χ4v) is 4.45. The summed E-state index contributed by atoms with van der Waals surface area (Å²) in [7, 11) is 0. The van der Waals surface area contributed by atoms with Crippen molar-refractivity contribution in [3.63, 3.8) is 0 Å². The molecular formula is C8H19O2PS. The van der Waals surface area contributed by atoms with Crippen LogP contribution in [0.25, 0.3) is 0 Å². The minimum atomic E-state index is -2.36. The lowest BCUT2D eigenvalue weighted by molar-refractivity contribution is 0.255. The highest BCUT2D eigenvalue weighted by atomic mass is 32.7. The van der Waals surface area contributed by atoms with E-state index in [9.17, 15) is 4.57 Å². The van der Waals surface area contributed by atoms with Gasteiger partial charge >= 0.3 is 0 Å². The molecule has 0 aromatic rings. The van der Waals surface area contributed by atoms with E-state index in [4.69, 9.17) is 4.52 Å². The molecule has 0 heterocycles. The summed E-state index contributed by atoms with van der Waals surface area (Å²) in [6, 6.07) is 0. The molecule has 0 aromatic carbocycles. The predicted octanol–water partition coefficient (Wildman–Crippen LogP) is 3.77. The molecule has 2 nitrogen and oxygen atoms in total. The van der Waals surface area contributed by atoms with Crippen molar-refractivity contribution in [2.45, 2.75) is 39.7 Å². The first-order chi connectivity index (χ1) is 5.48. The molecule has 74 valence electrons. The van der Waals surface area contributed by atoms with E-state index >= 15 is 0 Å². The molecule has 1 atom stereocenters. The van der Waals surface area contributed by atoms with Crippen LogP contribution in [0.5, 0.6) is 0 Å². The van der Waals surface area contributed by atoms with Crippen molar-refractivity contribution < 1.29 is 9.09 Å². The van der Waals surface area contributed by atoms with Gasteiger partial charge in [0, 0.05) is 12.4 Å². The number of hydrogen-bond donors (Lipinski definition) is 0. The van der Waals surface area contributed by atoms with Crippen LogP contribution >= 0.6 is 18.0 Å². The van der Waals surface area contributed by atoms with Crippen LogP contribution in [0.2, 0.25) is 0 Å². The van der Waals surface area contributed by atoms with Gasteiger partial charge in [-0.15, -0.1) is 0 Å². The molecule has 0 radical (unpaired) electrons. The van der Waals surface area contributed by atoms with Crippen molar-refractivity contribution in [1.82, 2.24) is 0 Å². The Morgan fingerprint density at radius 3 is 2.50 bits per heavy atom. The lowest BCUT2D eigenvalue weighted by Crippen LogP contribution is -1.98. The molecular weight excluding hydrogens is 191 g/mol. The fourth-order valence-electron chi connectivity index (χ4n) is 0.788. The fraction of sp³-hybridized carbons (Fsp3) is 1.00. The highest BCUT2D eigenvalue weighted by molar-refractivity contribution is 8.56. The predicted molar refractivity (Wildman–Crippen MR) is 57.1 cm³/mol. The van der Waals surface area contributed by atoms with E-state index in [0.717, 1.165) is 18.6 Å². The second kappa shape index (κ2) is 6.06. The first-order valence-electron chi connectivity index (χ1n) is 4.38. The second-order valence-corrected chi connectivity index (χ2v) is 8.30. The average molecular weight is 210 g/mol. The summed E-state index contributed by atoms with van der Waals surface area (Å²) in [4.78, 5) is 0. The largest absolute Gasteiger partial charge is 0.319 e. The Morgan fingerprint density at radius 1 is 1.50 bits per heavy atom. The van der Waals surface area contributed by atoms with Crippen molar-refractivity contribution in [1.29, 1.82) is 0 Å². The summed E-state index contributed by atoms with van der Waals surface area (Å²) in [6.07, 6.45) is 2.33. The summed E-state index contributed by atoms with van der Waals surface area (Å²) in [5, 5.41) is 0. The van der Waals surface area contributed by atoms with Crippen LogP contribution in [-0.4, -0.2) is 18.5 Å². The zero-order chi connectivity index (χ0) is 9.61. The van der Waals surface area contributed by atoms with Crippen LogP contribution in [0.4, 0.5) is 0 Å². The van der Waals surface area contributed by atoms with Gasteiger partial charge in [0.25, 0.3) is 6.57 Å². The quantitative estimate of drug-likeness (QED) is 0.493. The Morgan fingerprint density at radius 2 is 2.08 bits per heavy atom. The highest BCUT2D eigenvalue weighted by Crippen LogP contribution is 2.57. The molecule has 0 aliphatic carbocycles. The van der Waals surface area contributed by atoms with Gasteiger partial charge in [-0.1, -0.05) is 24.7 Å². The first-order valence-corrected chi connectivity index (χ1v) is 8.04.